The van der Waals surface area contributed by atoms with Crippen LogP contribution in [0.4, 0.5) is 8.78 Å². The third kappa shape index (κ3) is 4.88. The second kappa shape index (κ2) is 8.26. The lowest BCUT2D eigenvalue weighted by molar-refractivity contribution is -0.119. The summed E-state index contributed by atoms with van der Waals surface area (Å²) in [5.41, 5.74) is 2.68. The Hall–Kier alpha value is -1.81. The minimum atomic E-state index is -2.59. The molecule has 1 unspecified atom stereocenters. The van der Waals surface area contributed by atoms with Gasteiger partial charge in [-0.15, -0.1) is 0 Å². The highest BCUT2D eigenvalue weighted by Crippen LogP contribution is 2.45. The minimum absolute atomic E-state index is 0.0581. The number of alkyl halides is 2. The third-order valence-corrected chi connectivity index (χ3v) is 5.19. The minimum Gasteiger partial charge on any atom is -0.360 e. The van der Waals surface area contributed by atoms with E-state index in [0.717, 1.165) is 17.7 Å². The molecule has 0 amide bonds. The molecule has 144 valence electrons. The van der Waals surface area contributed by atoms with Crippen LogP contribution < -0.4 is 0 Å². The van der Waals surface area contributed by atoms with E-state index in [2.05, 4.69) is 4.99 Å². The Morgan fingerprint density at radius 3 is 2.54 bits per heavy atom. The molecule has 2 rings (SSSR count). The van der Waals surface area contributed by atoms with Gasteiger partial charge in [0.15, 0.2) is 5.78 Å². The highest BCUT2D eigenvalue weighted by atomic mass is 19.3. The number of Topliss-reactive ketones (excluding diaryl/α,β-unsaturated/α-hetero) is 1. The smallest absolute Gasteiger partial charge is 0.248 e. The SMILES string of the molecule is CCC(C)C(=O)C1=C(N=C(C)C)CN(C(=C=O)CC2CC(F)(F)C2)CC1. The Labute approximate surface area is 154 Å². The molecule has 0 aromatic heterocycles. The summed E-state index contributed by atoms with van der Waals surface area (Å²) in [5, 5.41) is 0. The van der Waals surface area contributed by atoms with E-state index in [1.54, 1.807) is 0 Å². The Bertz CT molecular complexity index is 663. The number of allylic oxidation sites excluding steroid dienone is 1. The molecule has 26 heavy (non-hydrogen) atoms. The molecular formula is C20H28F2N2O2. The molecule has 2 aliphatic rings. The zero-order valence-electron chi connectivity index (χ0n) is 16.1. The molecule has 0 N–H and O–H groups in total. The van der Waals surface area contributed by atoms with Crippen LogP contribution in [0.1, 0.15) is 59.8 Å². The Morgan fingerprint density at radius 1 is 1.38 bits per heavy atom. The zero-order valence-corrected chi connectivity index (χ0v) is 16.1. The van der Waals surface area contributed by atoms with E-state index in [4.69, 9.17) is 0 Å². The van der Waals surface area contributed by atoms with Crippen LogP contribution in [0.3, 0.4) is 0 Å². The first-order chi connectivity index (χ1) is 12.2. The predicted octanol–water partition coefficient (Wildman–Crippen LogP) is 4.19. The molecular weight excluding hydrogens is 338 g/mol. The molecule has 0 saturated heterocycles. The van der Waals surface area contributed by atoms with E-state index in [-0.39, 0.29) is 30.5 Å². The van der Waals surface area contributed by atoms with Crippen LogP contribution in [0.5, 0.6) is 0 Å². The zero-order chi connectivity index (χ0) is 19.5. The number of hydrogen-bond donors (Lipinski definition) is 0. The summed E-state index contributed by atoms with van der Waals surface area (Å²) < 4.78 is 26.1. The number of hydrogen-bond acceptors (Lipinski definition) is 4. The number of carbonyl (C=O) groups excluding carboxylic acids is 2. The molecule has 1 atom stereocenters. The third-order valence-electron chi connectivity index (χ3n) is 5.19. The molecule has 1 aliphatic carbocycles. The maximum absolute atomic E-state index is 13.1. The summed E-state index contributed by atoms with van der Waals surface area (Å²) in [7, 11) is 0. The van der Waals surface area contributed by atoms with Crippen LogP contribution in [0.2, 0.25) is 0 Å². The van der Waals surface area contributed by atoms with Crippen molar-refractivity contribution in [2.24, 2.45) is 16.8 Å². The fourth-order valence-corrected chi connectivity index (χ4v) is 3.54. The number of ketones is 1. The summed E-state index contributed by atoms with van der Waals surface area (Å²) in [4.78, 5) is 30.5. The van der Waals surface area contributed by atoms with Crippen LogP contribution in [0.15, 0.2) is 22.0 Å². The molecule has 0 bridgehead atoms. The fraction of sp³-hybridized carbons (Fsp3) is 0.700. The van der Waals surface area contributed by atoms with Crippen LogP contribution in [0, 0.1) is 11.8 Å². The molecule has 0 spiro atoms. The summed E-state index contributed by atoms with van der Waals surface area (Å²) in [5.74, 6) is -0.768. The van der Waals surface area contributed by atoms with Crippen molar-refractivity contribution in [3.05, 3.63) is 17.0 Å². The van der Waals surface area contributed by atoms with Gasteiger partial charge in [-0.2, -0.15) is 0 Å². The van der Waals surface area contributed by atoms with Gasteiger partial charge in [-0.05, 0) is 32.6 Å². The van der Waals surface area contributed by atoms with Gasteiger partial charge in [0.1, 0.15) is 5.94 Å². The maximum Gasteiger partial charge on any atom is 0.248 e. The van der Waals surface area contributed by atoms with Crippen LogP contribution >= 0.6 is 0 Å². The lowest BCUT2D eigenvalue weighted by atomic mass is 9.78. The van der Waals surface area contributed by atoms with Crippen molar-refractivity contribution in [1.82, 2.24) is 4.90 Å². The Morgan fingerprint density at radius 2 is 2.04 bits per heavy atom. The van der Waals surface area contributed by atoms with Gasteiger partial charge in [-0.3, -0.25) is 9.79 Å². The number of aliphatic imine (C=N–C) groups is 1. The molecule has 0 radical (unpaired) electrons. The van der Waals surface area contributed by atoms with Crippen molar-refractivity contribution in [3.8, 4) is 0 Å². The van der Waals surface area contributed by atoms with E-state index in [1.165, 1.54) is 0 Å². The second-order valence-corrected chi connectivity index (χ2v) is 7.71. The number of halogens is 2. The highest BCUT2D eigenvalue weighted by Gasteiger charge is 2.45. The standard InChI is InChI=1S/C20H28F2N2O2/c1-5-14(4)19(26)17-6-7-24(11-18(17)23-13(2)3)16(12-25)8-15-9-20(21,22)10-15/h14-15H,5-11H2,1-4H3. The van der Waals surface area contributed by atoms with Crippen molar-refractivity contribution in [3.63, 3.8) is 0 Å². The number of carbonyl (C=O) groups is 1. The Balaban J connectivity index is 2.17. The summed E-state index contributed by atoms with van der Waals surface area (Å²) >= 11 is 0. The quantitative estimate of drug-likeness (QED) is 0.501. The fourth-order valence-electron chi connectivity index (χ4n) is 3.54. The van der Waals surface area contributed by atoms with E-state index in [0.29, 0.717) is 37.3 Å². The number of nitrogens with zero attached hydrogens (tertiary/aromatic N) is 2. The topological polar surface area (TPSA) is 49.7 Å². The van der Waals surface area contributed by atoms with Gasteiger partial charge in [0.25, 0.3) is 0 Å². The van der Waals surface area contributed by atoms with Gasteiger partial charge < -0.3 is 4.90 Å². The van der Waals surface area contributed by atoms with Gasteiger partial charge in [0, 0.05) is 43.0 Å². The summed E-state index contributed by atoms with van der Waals surface area (Å²) in [6.45, 7) is 8.50. The van der Waals surface area contributed by atoms with Gasteiger partial charge in [0.2, 0.25) is 5.92 Å². The molecule has 4 nitrogen and oxygen atoms in total. The van der Waals surface area contributed by atoms with Crippen LogP contribution in [0.25, 0.3) is 0 Å². The average Bonchev–Trinajstić information content (AvgIpc) is 2.55. The largest absolute Gasteiger partial charge is 0.360 e. The maximum atomic E-state index is 13.1. The first kappa shape index (κ1) is 20.5. The van der Waals surface area contributed by atoms with E-state index in [1.807, 2.05) is 38.5 Å². The van der Waals surface area contributed by atoms with Gasteiger partial charge in [-0.1, -0.05) is 13.8 Å². The summed E-state index contributed by atoms with van der Waals surface area (Å²) in [6, 6.07) is 0. The first-order valence-electron chi connectivity index (χ1n) is 9.31. The normalized spacial score (nSPS) is 20.9. The van der Waals surface area contributed by atoms with Gasteiger partial charge in [0.05, 0.1) is 17.9 Å². The highest BCUT2D eigenvalue weighted by molar-refractivity contribution is 5.98. The molecule has 1 saturated carbocycles. The predicted molar refractivity (Wildman–Crippen MR) is 98.0 cm³/mol. The molecule has 1 aliphatic heterocycles. The average molecular weight is 366 g/mol. The van der Waals surface area contributed by atoms with Crippen molar-refractivity contribution in [1.29, 1.82) is 0 Å². The monoisotopic (exact) mass is 366 g/mol. The lowest BCUT2D eigenvalue weighted by Crippen LogP contribution is -2.39. The summed E-state index contributed by atoms with van der Waals surface area (Å²) in [6.07, 6.45) is 1.26. The van der Waals surface area contributed by atoms with Gasteiger partial charge >= 0.3 is 0 Å². The lowest BCUT2D eigenvalue weighted by Gasteiger charge is -2.38. The van der Waals surface area contributed by atoms with Crippen molar-refractivity contribution in [2.75, 3.05) is 13.1 Å². The van der Waals surface area contributed by atoms with Gasteiger partial charge in [-0.25, -0.2) is 13.6 Å². The first-order valence-corrected chi connectivity index (χ1v) is 9.31. The van der Waals surface area contributed by atoms with Crippen LogP contribution in [-0.4, -0.2) is 41.3 Å². The van der Waals surface area contributed by atoms with Crippen molar-refractivity contribution >= 4 is 17.4 Å². The molecule has 1 heterocycles. The number of rotatable bonds is 7. The van der Waals surface area contributed by atoms with Crippen LogP contribution in [-0.2, 0) is 9.59 Å². The molecule has 1 fully saturated rings. The molecule has 0 aromatic rings. The second-order valence-electron chi connectivity index (χ2n) is 7.71. The van der Waals surface area contributed by atoms with E-state index < -0.39 is 5.92 Å². The van der Waals surface area contributed by atoms with E-state index in [9.17, 15) is 18.4 Å². The molecule has 6 heteroatoms. The molecule has 0 aromatic carbocycles. The van der Waals surface area contributed by atoms with Crippen molar-refractivity contribution < 1.29 is 18.4 Å². The van der Waals surface area contributed by atoms with Crippen molar-refractivity contribution in [2.45, 2.75) is 65.7 Å². The van der Waals surface area contributed by atoms with E-state index >= 15 is 0 Å². The Kier molecular flexibility index (Phi) is 6.51.